The lowest BCUT2D eigenvalue weighted by molar-refractivity contribution is 0.228. The fourth-order valence-electron chi connectivity index (χ4n) is 3.31. The summed E-state index contributed by atoms with van der Waals surface area (Å²) in [6.45, 7) is 6.76. The van der Waals surface area contributed by atoms with Crippen LogP contribution in [0.1, 0.15) is 51.6 Å². The number of benzene rings is 1. The van der Waals surface area contributed by atoms with Crippen LogP contribution in [0.15, 0.2) is 18.2 Å². The Morgan fingerprint density at radius 3 is 2.42 bits per heavy atom. The van der Waals surface area contributed by atoms with E-state index in [1.807, 2.05) is 6.07 Å². The van der Waals surface area contributed by atoms with Crippen molar-refractivity contribution in [3.05, 3.63) is 34.6 Å². The lowest BCUT2D eigenvalue weighted by Gasteiger charge is -2.34. The van der Waals surface area contributed by atoms with Gasteiger partial charge in [-0.15, -0.1) is 0 Å². The van der Waals surface area contributed by atoms with E-state index in [-0.39, 0.29) is 16.9 Å². The third-order valence-corrected chi connectivity index (χ3v) is 4.40. The number of nitrogens with one attached hydrogen (secondary N) is 1. The maximum Gasteiger partial charge on any atom is 0.141 e. The van der Waals surface area contributed by atoms with Crippen LogP contribution in [0, 0.1) is 17.7 Å². The first-order valence-electron chi connectivity index (χ1n) is 7.16. The summed E-state index contributed by atoms with van der Waals surface area (Å²) in [4.78, 5) is 0. The zero-order valence-corrected chi connectivity index (χ0v) is 12.7. The Kier molecular flexibility index (Phi) is 4.86. The molecular weight excluding hydrogens is 261 g/mol. The summed E-state index contributed by atoms with van der Waals surface area (Å²) >= 11 is 5.84. The standard InChI is InChI=1S/C16H23ClFN/c1-10-6-11(2)8-14(7-10)19-12(3)13-4-5-16(18)15(17)9-13/h4-5,9-12,14,19H,6-8H2,1-3H3. The molecule has 3 heteroatoms. The van der Waals surface area contributed by atoms with Gasteiger partial charge in [0.05, 0.1) is 5.02 Å². The molecule has 2 rings (SSSR count). The van der Waals surface area contributed by atoms with Crippen molar-refractivity contribution in [2.45, 2.75) is 52.1 Å². The molecule has 0 saturated heterocycles. The van der Waals surface area contributed by atoms with Crippen molar-refractivity contribution in [3.63, 3.8) is 0 Å². The first-order chi connectivity index (χ1) is 8.95. The van der Waals surface area contributed by atoms with E-state index in [0.717, 1.165) is 17.4 Å². The summed E-state index contributed by atoms with van der Waals surface area (Å²) < 4.78 is 13.2. The van der Waals surface area contributed by atoms with Crippen LogP contribution in [0.3, 0.4) is 0 Å². The van der Waals surface area contributed by atoms with E-state index in [2.05, 4.69) is 26.1 Å². The van der Waals surface area contributed by atoms with Crippen molar-refractivity contribution in [1.82, 2.24) is 5.32 Å². The van der Waals surface area contributed by atoms with Crippen molar-refractivity contribution < 1.29 is 4.39 Å². The zero-order valence-electron chi connectivity index (χ0n) is 11.9. The van der Waals surface area contributed by atoms with Gasteiger partial charge in [-0.25, -0.2) is 4.39 Å². The Morgan fingerprint density at radius 1 is 1.21 bits per heavy atom. The minimum atomic E-state index is -0.350. The van der Waals surface area contributed by atoms with Crippen molar-refractivity contribution in [2.75, 3.05) is 0 Å². The van der Waals surface area contributed by atoms with Gasteiger partial charge < -0.3 is 5.32 Å². The highest BCUT2D eigenvalue weighted by Gasteiger charge is 2.25. The minimum Gasteiger partial charge on any atom is -0.307 e. The molecule has 1 aliphatic carbocycles. The van der Waals surface area contributed by atoms with E-state index in [0.29, 0.717) is 6.04 Å². The molecule has 1 aromatic carbocycles. The molecule has 0 amide bonds. The molecule has 0 aromatic heterocycles. The molecule has 19 heavy (non-hydrogen) atoms. The number of hydrogen-bond acceptors (Lipinski definition) is 1. The zero-order chi connectivity index (χ0) is 14.0. The van der Waals surface area contributed by atoms with Gasteiger partial charge in [0.25, 0.3) is 0 Å². The van der Waals surface area contributed by atoms with Crippen molar-refractivity contribution in [1.29, 1.82) is 0 Å². The third-order valence-electron chi connectivity index (χ3n) is 4.11. The molecule has 3 unspecified atom stereocenters. The van der Waals surface area contributed by atoms with Crippen molar-refractivity contribution >= 4 is 11.6 Å². The van der Waals surface area contributed by atoms with Crippen LogP contribution >= 0.6 is 11.6 Å². The maximum atomic E-state index is 13.2. The summed E-state index contributed by atoms with van der Waals surface area (Å²) in [5.41, 5.74) is 1.05. The van der Waals surface area contributed by atoms with Gasteiger partial charge in [0.15, 0.2) is 0 Å². The van der Waals surface area contributed by atoms with Crippen LogP contribution in [0.4, 0.5) is 4.39 Å². The highest BCUT2D eigenvalue weighted by Crippen LogP contribution is 2.30. The van der Waals surface area contributed by atoms with Crippen LogP contribution < -0.4 is 5.32 Å². The summed E-state index contributed by atoms with van der Waals surface area (Å²) in [6.07, 6.45) is 3.78. The van der Waals surface area contributed by atoms with Gasteiger partial charge in [0.2, 0.25) is 0 Å². The number of rotatable bonds is 3. The Labute approximate surface area is 120 Å². The van der Waals surface area contributed by atoms with E-state index in [1.54, 1.807) is 6.07 Å². The Balaban J connectivity index is 2.00. The van der Waals surface area contributed by atoms with Crippen LogP contribution in [0.25, 0.3) is 0 Å². The topological polar surface area (TPSA) is 12.0 Å². The first-order valence-corrected chi connectivity index (χ1v) is 7.54. The highest BCUT2D eigenvalue weighted by atomic mass is 35.5. The molecule has 1 aliphatic rings. The van der Waals surface area contributed by atoms with Crippen molar-refractivity contribution in [2.24, 2.45) is 11.8 Å². The average molecular weight is 284 g/mol. The maximum absolute atomic E-state index is 13.2. The van der Waals surface area contributed by atoms with Gasteiger partial charge >= 0.3 is 0 Å². The summed E-state index contributed by atoms with van der Waals surface area (Å²) in [5.74, 6) is 1.22. The van der Waals surface area contributed by atoms with Crippen LogP contribution in [-0.2, 0) is 0 Å². The second-order valence-corrected chi connectivity index (χ2v) is 6.58. The van der Waals surface area contributed by atoms with E-state index >= 15 is 0 Å². The third kappa shape index (κ3) is 3.93. The van der Waals surface area contributed by atoms with Crippen LogP contribution in [0.2, 0.25) is 5.02 Å². The highest BCUT2D eigenvalue weighted by molar-refractivity contribution is 6.30. The number of hydrogen-bond donors (Lipinski definition) is 1. The quantitative estimate of drug-likeness (QED) is 0.827. The first kappa shape index (κ1) is 14.8. The largest absolute Gasteiger partial charge is 0.307 e. The van der Waals surface area contributed by atoms with E-state index in [9.17, 15) is 4.39 Å². The van der Waals surface area contributed by atoms with E-state index < -0.39 is 0 Å². The fourth-order valence-corrected chi connectivity index (χ4v) is 3.50. The molecule has 1 N–H and O–H groups in total. The van der Waals surface area contributed by atoms with Crippen LogP contribution in [0.5, 0.6) is 0 Å². The summed E-state index contributed by atoms with van der Waals surface area (Å²) in [6, 6.07) is 5.75. The second kappa shape index (κ2) is 6.23. The molecule has 0 radical (unpaired) electrons. The molecule has 1 fully saturated rings. The molecule has 106 valence electrons. The normalized spacial score (nSPS) is 29.2. The van der Waals surface area contributed by atoms with Gasteiger partial charge in [-0.3, -0.25) is 0 Å². The van der Waals surface area contributed by atoms with Gasteiger partial charge in [0.1, 0.15) is 5.82 Å². The Morgan fingerprint density at radius 2 is 1.84 bits per heavy atom. The molecular formula is C16H23ClFN. The summed E-state index contributed by atoms with van der Waals surface area (Å²) in [7, 11) is 0. The SMILES string of the molecule is CC1CC(C)CC(NC(C)c2ccc(F)c(Cl)c2)C1. The lowest BCUT2D eigenvalue weighted by atomic mass is 9.80. The van der Waals surface area contributed by atoms with E-state index in [1.165, 1.54) is 25.3 Å². The molecule has 1 nitrogen and oxygen atoms in total. The molecule has 0 spiro atoms. The van der Waals surface area contributed by atoms with Gasteiger partial charge in [-0.1, -0.05) is 31.5 Å². The summed E-state index contributed by atoms with van der Waals surface area (Å²) in [5, 5.41) is 3.87. The van der Waals surface area contributed by atoms with Gasteiger partial charge in [0, 0.05) is 12.1 Å². The minimum absolute atomic E-state index is 0.205. The predicted octanol–water partition coefficient (Wildman–Crippen LogP) is 4.95. The van der Waals surface area contributed by atoms with E-state index in [4.69, 9.17) is 11.6 Å². The smallest absolute Gasteiger partial charge is 0.141 e. The van der Waals surface area contributed by atoms with Crippen molar-refractivity contribution in [3.8, 4) is 0 Å². The molecule has 1 aromatic rings. The number of halogens is 2. The molecule has 3 atom stereocenters. The lowest BCUT2D eigenvalue weighted by Crippen LogP contribution is -2.37. The van der Waals surface area contributed by atoms with Gasteiger partial charge in [-0.05, 0) is 55.7 Å². The van der Waals surface area contributed by atoms with Crippen LogP contribution in [-0.4, -0.2) is 6.04 Å². The molecule has 0 bridgehead atoms. The predicted molar refractivity (Wildman–Crippen MR) is 78.9 cm³/mol. The molecule has 0 heterocycles. The monoisotopic (exact) mass is 283 g/mol. The Bertz CT molecular complexity index is 425. The molecule has 1 saturated carbocycles. The second-order valence-electron chi connectivity index (χ2n) is 6.18. The molecule has 0 aliphatic heterocycles. The Hall–Kier alpha value is -0.600. The van der Waals surface area contributed by atoms with Gasteiger partial charge in [-0.2, -0.15) is 0 Å². The fraction of sp³-hybridized carbons (Fsp3) is 0.625. The average Bonchev–Trinajstić information content (AvgIpc) is 2.31.